The van der Waals surface area contributed by atoms with Crippen LogP contribution < -0.4 is 0 Å². The second-order valence-corrected chi connectivity index (χ2v) is 7.96. The molecule has 0 amide bonds. The van der Waals surface area contributed by atoms with E-state index in [1.165, 1.54) is 28.6 Å². The summed E-state index contributed by atoms with van der Waals surface area (Å²) in [6, 6.07) is 14.6. The molecule has 0 atom stereocenters. The molecule has 1 aliphatic rings. The Morgan fingerprint density at radius 1 is 1.04 bits per heavy atom. The summed E-state index contributed by atoms with van der Waals surface area (Å²) in [6.07, 6.45) is 1.75. The Morgan fingerprint density at radius 3 is 2.23 bits per heavy atom. The van der Waals surface area contributed by atoms with Crippen molar-refractivity contribution in [1.82, 2.24) is 4.31 Å². The van der Waals surface area contributed by atoms with E-state index in [9.17, 15) is 13.2 Å². The van der Waals surface area contributed by atoms with Crippen molar-refractivity contribution >= 4 is 16.0 Å². The van der Waals surface area contributed by atoms with Gasteiger partial charge in [0, 0.05) is 13.1 Å². The minimum absolute atomic E-state index is 0.0817. The summed E-state index contributed by atoms with van der Waals surface area (Å²) >= 11 is 0. The fraction of sp³-hybridized carbons (Fsp3) is 0.263. The number of nitrogens with zero attached hydrogens (tertiary/aromatic N) is 2. The Kier molecular flexibility index (Phi) is 5.35. The van der Waals surface area contributed by atoms with Gasteiger partial charge in [-0.3, -0.25) is 0 Å². The third-order valence-electron chi connectivity index (χ3n) is 4.25. The second kappa shape index (κ2) is 7.68. The van der Waals surface area contributed by atoms with Crippen LogP contribution in [-0.4, -0.2) is 31.8 Å². The minimum atomic E-state index is -3.49. The van der Waals surface area contributed by atoms with Crippen LogP contribution in [0, 0.1) is 11.3 Å². The number of ether oxygens (including phenoxy) is 1. The quantitative estimate of drug-likeness (QED) is 0.755. The highest BCUT2D eigenvalue weighted by atomic mass is 32.2. The molecule has 0 N–H and O–H groups in total. The molecule has 3 rings (SSSR count). The zero-order valence-electron chi connectivity index (χ0n) is 14.1. The van der Waals surface area contributed by atoms with Gasteiger partial charge in [0.25, 0.3) is 0 Å². The van der Waals surface area contributed by atoms with Crippen LogP contribution in [-0.2, 0) is 21.4 Å². The van der Waals surface area contributed by atoms with Crippen molar-refractivity contribution < 1.29 is 17.9 Å². The molecular weight excluding hydrogens is 352 g/mol. The minimum Gasteiger partial charge on any atom is -0.457 e. The lowest BCUT2D eigenvalue weighted by molar-refractivity contribution is 0.0472. The summed E-state index contributed by atoms with van der Waals surface area (Å²) in [7, 11) is -3.49. The topological polar surface area (TPSA) is 87.5 Å². The van der Waals surface area contributed by atoms with Gasteiger partial charge in [0.05, 0.1) is 22.1 Å². The van der Waals surface area contributed by atoms with Gasteiger partial charge in [0.15, 0.2) is 0 Å². The van der Waals surface area contributed by atoms with Gasteiger partial charge < -0.3 is 4.74 Å². The Morgan fingerprint density at radius 2 is 1.65 bits per heavy atom. The van der Waals surface area contributed by atoms with Crippen molar-refractivity contribution in [3.8, 4) is 6.07 Å². The molecule has 0 radical (unpaired) electrons. The third-order valence-corrected chi connectivity index (χ3v) is 6.16. The maximum atomic E-state index is 12.5. The van der Waals surface area contributed by atoms with Crippen molar-refractivity contribution in [3.05, 3.63) is 65.2 Å². The van der Waals surface area contributed by atoms with Crippen LogP contribution in [0.25, 0.3) is 0 Å². The third kappa shape index (κ3) is 3.93. The average Bonchev–Trinajstić information content (AvgIpc) is 3.22. The van der Waals surface area contributed by atoms with Crippen molar-refractivity contribution in [2.24, 2.45) is 0 Å². The first-order chi connectivity index (χ1) is 12.5. The number of esters is 1. The maximum absolute atomic E-state index is 12.5. The summed E-state index contributed by atoms with van der Waals surface area (Å²) in [5, 5.41) is 8.76. The van der Waals surface area contributed by atoms with Gasteiger partial charge in [0.1, 0.15) is 6.61 Å². The van der Waals surface area contributed by atoms with E-state index in [1.807, 2.05) is 6.07 Å². The first-order valence-corrected chi connectivity index (χ1v) is 9.71. The van der Waals surface area contributed by atoms with E-state index in [1.54, 1.807) is 24.3 Å². The van der Waals surface area contributed by atoms with Crippen LogP contribution in [0.1, 0.15) is 34.3 Å². The lowest BCUT2D eigenvalue weighted by atomic mass is 10.1. The Balaban J connectivity index is 1.64. The molecule has 2 aromatic carbocycles. The number of hydrogen-bond acceptors (Lipinski definition) is 5. The predicted molar refractivity (Wildman–Crippen MR) is 94.7 cm³/mol. The molecule has 0 aliphatic carbocycles. The normalized spacial score (nSPS) is 14.7. The van der Waals surface area contributed by atoms with Gasteiger partial charge in [-0.05, 0) is 54.8 Å². The molecule has 0 bridgehead atoms. The van der Waals surface area contributed by atoms with E-state index in [0.29, 0.717) is 24.2 Å². The van der Waals surface area contributed by atoms with Crippen LogP contribution in [0.4, 0.5) is 0 Å². The van der Waals surface area contributed by atoms with Gasteiger partial charge in [-0.15, -0.1) is 0 Å². The summed E-state index contributed by atoms with van der Waals surface area (Å²) < 4.78 is 31.6. The number of nitriles is 1. The molecule has 6 nitrogen and oxygen atoms in total. The van der Waals surface area contributed by atoms with E-state index in [0.717, 1.165) is 18.4 Å². The first-order valence-electron chi connectivity index (χ1n) is 8.27. The molecule has 2 aromatic rings. The van der Waals surface area contributed by atoms with Crippen molar-refractivity contribution in [3.63, 3.8) is 0 Å². The number of rotatable bonds is 5. The second-order valence-electron chi connectivity index (χ2n) is 6.02. The molecule has 0 saturated carbocycles. The monoisotopic (exact) mass is 370 g/mol. The molecule has 7 heteroatoms. The smallest absolute Gasteiger partial charge is 0.338 e. The Labute approximate surface area is 152 Å². The number of carbonyl (C=O) groups is 1. The molecule has 134 valence electrons. The van der Waals surface area contributed by atoms with E-state index in [2.05, 4.69) is 0 Å². The van der Waals surface area contributed by atoms with Crippen LogP contribution >= 0.6 is 0 Å². The van der Waals surface area contributed by atoms with Crippen LogP contribution in [0.15, 0.2) is 53.4 Å². The molecule has 0 spiro atoms. The van der Waals surface area contributed by atoms with E-state index in [4.69, 9.17) is 10.00 Å². The number of benzene rings is 2. The molecular formula is C19H18N2O4S. The Hall–Kier alpha value is -2.69. The summed E-state index contributed by atoms with van der Waals surface area (Å²) in [4.78, 5) is 12.3. The standard InChI is InChI=1S/C19H18N2O4S/c20-13-15-3-5-16(6-4-15)14-25-19(22)17-7-9-18(10-8-17)26(23,24)21-11-1-2-12-21/h3-10H,1-2,11-12,14H2. The van der Waals surface area contributed by atoms with Gasteiger partial charge in [0.2, 0.25) is 10.0 Å². The molecule has 1 saturated heterocycles. The van der Waals surface area contributed by atoms with E-state index in [-0.39, 0.29) is 11.5 Å². The molecule has 0 unspecified atom stereocenters. The molecule has 0 aromatic heterocycles. The van der Waals surface area contributed by atoms with Crippen LogP contribution in [0.3, 0.4) is 0 Å². The lowest BCUT2D eigenvalue weighted by Crippen LogP contribution is -2.27. The highest BCUT2D eigenvalue weighted by Gasteiger charge is 2.27. The molecule has 26 heavy (non-hydrogen) atoms. The first kappa shape index (κ1) is 18.1. The maximum Gasteiger partial charge on any atom is 0.338 e. The fourth-order valence-corrected chi connectivity index (χ4v) is 4.27. The summed E-state index contributed by atoms with van der Waals surface area (Å²) in [6.45, 7) is 1.16. The highest BCUT2D eigenvalue weighted by molar-refractivity contribution is 7.89. The zero-order valence-corrected chi connectivity index (χ0v) is 14.9. The molecule has 1 aliphatic heterocycles. The lowest BCUT2D eigenvalue weighted by Gasteiger charge is -2.15. The van der Waals surface area contributed by atoms with Gasteiger partial charge in [-0.2, -0.15) is 9.57 Å². The van der Waals surface area contributed by atoms with Crippen LogP contribution in [0.5, 0.6) is 0 Å². The van der Waals surface area contributed by atoms with Crippen LogP contribution in [0.2, 0.25) is 0 Å². The van der Waals surface area contributed by atoms with Crippen molar-refractivity contribution in [1.29, 1.82) is 5.26 Å². The predicted octanol–water partition coefficient (Wildman–Crippen LogP) is 2.70. The van der Waals surface area contributed by atoms with Crippen molar-refractivity contribution in [2.75, 3.05) is 13.1 Å². The zero-order chi connectivity index (χ0) is 18.6. The summed E-state index contributed by atoms with van der Waals surface area (Å²) in [5.74, 6) is -0.528. The van der Waals surface area contributed by atoms with E-state index < -0.39 is 16.0 Å². The molecule has 1 fully saturated rings. The number of hydrogen-bond donors (Lipinski definition) is 0. The Bertz CT molecular complexity index is 923. The van der Waals surface area contributed by atoms with E-state index >= 15 is 0 Å². The molecule has 1 heterocycles. The average molecular weight is 370 g/mol. The van der Waals surface area contributed by atoms with Gasteiger partial charge >= 0.3 is 5.97 Å². The largest absolute Gasteiger partial charge is 0.457 e. The summed E-state index contributed by atoms with van der Waals surface area (Å²) in [5.41, 5.74) is 1.60. The highest BCUT2D eigenvalue weighted by Crippen LogP contribution is 2.21. The van der Waals surface area contributed by atoms with Crippen molar-refractivity contribution in [2.45, 2.75) is 24.3 Å². The van der Waals surface area contributed by atoms with Gasteiger partial charge in [-0.25, -0.2) is 13.2 Å². The van der Waals surface area contributed by atoms with Gasteiger partial charge in [-0.1, -0.05) is 12.1 Å². The number of carbonyl (C=O) groups excluding carboxylic acids is 1. The SMILES string of the molecule is N#Cc1ccc(COC(=O)c2ccc(S(=O)(=O)N3CCCC3)cc2)cc1. The number of sulfonamides is 1. The fourth-order valence-electron chi connectivity index (χ4n) is 2.75.